The number of carbonyl (C=O) groups is 1. The molecule has 2 aliphatic rings. The Hall–Kier alpha value is -2.15. The van der Waals surface area contributed by atoms with Gasteiger partial charge in [0, 0.05) is 18.5 Å². The zero-order valence-electron chi connectivity index (χ0n) is 14.4. The van der Waals surface area contributed by atoms with Crippen LogP contribution in [0.5, 0.6) is 0 Å². The number of thioether (sulfide) groups is 1. The van der Waals surface area contributed by atoms with E-state index in [9.17, 15) is 9.18 Å². The van der Waals surface area contributed by atoms with E-state index in [2.05, 4.69) is 22.1 Å². The number of hydrogen-bond donors (Lipinski definition) is 1. The summed E-state index contributed by atoms with van der Waals surface area (Å²) < 4.78 is 15.4. The standard InChI is InChI=1S/C19H21FN4OS/c1-2-11-24-17(13-3-4-13)22-23-19(24)26-16(18(25)21-15-9-10-15)12-5-7-14(20)8-6-12/h2,5-8,13,15-16H,1,3-4,9-11H2,(H,21,25). The Kier molecular flexibility index (Phi) is 4.80. The van der Waals surface area contributed by atoms with Crippen LogP contribution in [0.2, 0.25) is 0 Å². The van der Waals surface area contributed by atoms with E-state index in [1.807, 2.05) is 10.6 Å². The summed E-state index contributed by atoms with van der Waals surface area (Å²) in [5.74, 6) is 1.05. The fourth-order valence-electron chi connectivity index (χ4n) is 2.85. The maximum absolute atomic E-state index is 13.3. The third kappa shape index (κ3) is 3.82. The van der Waals surface area contributed by atoms with Crippen molar-refractivity contribution in [1.29, 1.82) is 0 Å². The number of benzene rings is 1. The summed E-state index contributed by atoms with van der Waals surface area (Å²) in [6.07, 6.45) is 6.11. The van der Waals surface area contributed by atoms with Crippen molar-refractivity contribution in [2.75, 3.05) is 0 Å². The molecule has 5 nitrogen and oxygen atoms in total. The van der Waals surface area contributed by atoms with Gasteiger partial charge in [0.2, 0.25) is 5.91 Å². The Morgan fingerprint density at radius 1 is 1.31 bits per heavy atom. The number of carbonyl (C=O) groups excluding carboxylic acids is 1. The molecule has 4 rings (SSSR count). The van der Waals surface area contributed by atoms with Gasteiger partial charge in [-0.2, -0.15) is 0 Å². The van der Waals surface area contributed by atoms with Crippen LogP contribution in [0.1, 0.15) is 48.2 Å². The monoisotopic (exact) mass is 372 g/mol. The second kappa shape index (κ2) is 7.23. The minimum Gasteiger partial charge on any atom is -0.352 e. The first-order valence-corrected chi connectivity index (χ1v) is 9.80. The molecule has 1 atom stereocenters. The fraction of sp³-hybridized carbons (Fsp3) is 0.421. The minimum absolute atomic E-state index is 0.0646. The van der Waals surface area contributed by atoms with Crippen LogP contribution >= 0.6 is 11.8 Å². The number of rotatable bonds is 8. The third-order valence-corrected chi connectivity index (χ3v) is 5.79. The first-order chi connectivity index (χ1) is 12.7. The van der Waals surface area contributed by atoms with Crippen molar-refractivity contribution in [3.63, 3.8) is 0 Å². The zero-order valence-corrected chi connectivity index (χ0v) is 15.2. The average Bonchev–Trinajstić information content (AvgIpc) is 3.55. The number of nitrogens with zero attached hydrogens (tertiary/aromatic N) is 3. The van der Waals surface area contributed by atoms with Crippen LogP contribution in [0.15, 0.2) is 42.1 Å². The van der Waals surface area contributed by atoms with E-state index in [0.29, 0.717) is 17.6 Å². The van der Waals surface area contributed by atoms with E-state index in [1.165, 1.54) is 23.9 Å². The summed E-state index contributed by atoms with van der Waals surface area (Å²) >= 11 is 1.37. The molecule has 0 radical (unpaired) electrons. The van der Waals surface area contributed by atoms with Gasteiger partial charge in [-0.05, 0) is 43.4 Å². The summed E-state index contributed by atoms with van der Waals surface area (Å²) in [6.45, 7) is 4.43. The van der Waals surface area contributed by atoms with Gasteiger partial charge in [-0.3, -0.25) is 4.79 Å². The number of hydrogen-bond acceptors (Lipinski definition) is 4. The highest BCUT2D eigenvalue weighted by molar-refractivity contribution is 8.00. The number of halogens is 1. The average molecular weight is 372 g/mol. The zero-order chi connectivity index (χ0) is 18.1. The molecule has 2 aliphatic carbocycles. The van der Waals surface area contributed by atoms with Gasteiger partial charge in [0.1, 0.15) is 16.9 Å². The lowest BCUT2D eigenvalue weighted by Gasteiger charge is -2.17. The largest absolute Gasteiger partial charge is 0.352 e. The van der Waals surface area contributed by atoms with Gasteiger partial charge in [-0.15, -0.1) is 16.8 Å². The lowest BCUT2D eigenvalue weighted by atomic mass is 10.1. The number of aromatic nitrogens is 3. The molecule has 2 aromatic rings. The van der Waals surface area contributed by atoms with Crippen molar-refractivity contribution in [3.8, 4) is 0 Å². The number of nitrogens with one attached hydrogen (secondary N) is 1. The Morgan fingerprint density at radius 3 is 2.65 bits per heavy atom. The van der Waals surface area contributed by atoms with Gasteiger partial charge in [0.05, 0.1) is 0 Å². The maximum Gasteiger partial charge on any atom is 0.238 e. The molecule has 1 heterocycles. The second-order valence-corrected chi connectivity index (χ2v) is 7.92. The lowest BCUT2D eigenvalue weighted by Crippen LogP contribution is -2.30. The molecule has 1 aromatic heterocycles. The van der Waals surface area contributed by atoms with Crippen molar-refractivity contribution in [2.24, 2.45) is 0 Å². The Labute approximate surface area is 156 Å². The van der Waals surface area contributed by atoms with E-state index in [4.69, 9.17) is 0 Å². The van der Waals surface area contributed by atoms with Gasteiger partial charge < -0.3 is 9.88 Å². The van der Waals surface area contributed by atoms with Crippen LogP contribution in [-0.4, -0.2) is 26.7 Å². The molecule has 1 amide bonds. The predicted molar refractivity (Wildman–Crippen MR) is 98.4 cm³/mol. The molecule has 1 N–H and O–H groups in total. The number of allylic oxidation sites excluding steroid dienone is 1. The van der Waals surface area contributed by atoms with Crippen molar-refractivity contribution >= 4 is 17.7 Å². The quantitative estimate of drug-likeness (QED) is 0.568. The molecule has 2 saturated carbocycles. The highest BCUT2D eigenvalue weighted by atomic mass is 32.2. The van der Waals surface area contributed by atoms with Crippen LogP contribution in [0, 0.1) is 5.82 Å². The van der Waals surface area contributed by atoms with Crippen molar-refractivity contribution in [3.05, 3.63) is 54.1 Å². The molecular weight excluding hydrogens is 351 g/mol. The summed E-state index contributed by atoms with van der Waals surface area (Å²) in [5, 5.41) is 11.9. The van der Waals surface area contributed by atoms with Crippen molar-refractivity contribution in [1.82, 2.24) is 20.1 Å². The van der Waals surface area contributed by atoms with Crippen molar-refractivity contribution < 1.29 is 9.18 Å². The normalized spacial score (nSPS) is 17.7. The molecular formula is C19H21FN4OS. The van der Waals surface area contributed by atoms with E-state index in [-0.39, 0.29) is 17.8 Å². The van der Waals surface area contributed by atoms with Crippen LogP contribution in [0.3, 0.4) is 0 Å². The summed E-state index contributed by atoms with van der Waals surface area (Å²) in [5.41, 5.74) is 0.760. The van der Waals surface area contributed by atoms with E-state index < -0.39 is 5.25 Å². The van der Waals surface area contributed by atoms with Gasteiger partial charge in [-0.1, -0.05) is 30.0 Å². The maximum atomic E-state index is 13.3. The van der Waals surface area contributed by atoms with E-state index >= 15 is 0 Å². The molecule has 0 bridgehead atoms. The molecule has 136 valence electrons. The third-order valence-electron chi connectivity index (χ3n) is 4.56. The Balaban J connectivity index is 1.62. The SMILES string of the molecule is C=CCn1c(SC(C(=O)NC2CC2)c2ccc(F)cc2)nnc1C1CC1. The van der Waals surface area contributed by atoms with E-state index in [1.54, 1.807) is 12.1 Å². The van der Waals surface area contributed by atoms with Gasteiger partial charge in [0.25, 0.3) is 0 Å². The molecule has 1 aromatic carbocycles. The first-order valence-electron chi connectivity index (χ1n) is 8.92. The fourth-order valence-corrected chi connectivity index (χ4v) is 3.91. The molecule has 7 heteroatoms. The van der Waals surface area contributed by atoms with Crippen molar-refractivity contribution in [2.45, 2.75) is 54.6 Å². The number of amides is 1. The lowest BCUT2D eigenvalue weighted by molar-refractivity contribution is -0.120. The van der Waals surface area contributed by atoms with Crippen LogP contribution in [0.25, 0.3) is 0 Å². The molecule has 0 spiro atoms. The predicted octanol–water partition coefficient (Wildman–Crippen LogP) is 3.59. The van der Waals surface area contributed by atoms with Gasteiger partial charge in [0.15, 0.2) is 5.16 Å². The Bertz CT molecular complexity index is 811. The van der Waals surface area contributed by atoms with Crippen LogP contribution in [-0.2, 0) is 11.3 Å². The smallest absolute Gasteiger partial charge is 0.238 e. The highest BCUT2D eigenvalue weighted by Crippen LogP contribution is 2.42. The molecule has 2 fully saturated rings. The van der Waals surface area contributed by atoms with Gasteiger partial charge in [-0.25, -0.2) is 4.39 Å². The molecule has 1 unspecified atom stereocenters. The first kappa shape index (κ1) is 17.3. The van der Waals surface area contributed by atoms with E-state index in [0.717, 1.165) is 37.1 Å². The van der Waals surface area contributed by atoms with Crippen LogP contribution < -0.4 is 5.32 Å². The van der Waals surface area contributed by atoms with Crippen LogP contribution in [0.4, 0.5) is 4.39 Å². The molecule has 0 saturated heterocycles. The molecule has 0 aliphatic heterocycles. The summed E-state index contributed by atoms with van der Waals surface area (Å²) in [7, 11) is 0. The molecule has 26 heavy (non-hydrogen) atoms. The summed E-state index contributed by atoms with van der Waals surface area (Å²) in [6, 6.07) is 6.36. The minimum atomic E-state index is -0.490. The summed E-state index contributed by atoms with van der Waals surface area (Å²) in [4.78, 5) is 12.8. The topological polar surface area (TPSA) is 59.8 Å². The highest BCUT2D eigenvalue weighted by Gasteiger charge is 2.33. The van der Waals surface area contributed by atoms with Gasteiger partial charge >= 0.3 is 0 Å². The second-order valence-electron chi connectivity index (χ2n) is 6.85. The Morgan fingerprint density at radius 2 is 2.04 bits per heavy atom.